The summed E-state index contributed by atoms with van der Waals surface area (Å²) >= 11 is 0. The molecule has 0 aliphatic rings. The third-order valence-corrected chi connectivity index (χ3v) is 2.77. The molecule has 17 heavy (non-hydrogen) atoms. The number of nitrogen functional groups attached to an aromatic ring is 1. The predicted octanol–water partition coefficient (Wildman–Crippen LogP) is 1.52. The summed E-state index contributed by atoms with van der Waals surface area (Å²) in [5, 5.41) is 2.85. The van der Waals surface area contributed by atoms with E-state index in [0.717, 1.165) is 5.56 Å². The van der Waals surface area contributed by atoms with Gasteiger partial charge >= 0.3 is 0 Å². The molecule has 1 rings (SSSR count). The van der Waals surface area contributed by atoms with Crippen LogP contribution in [0.2, 0.25) is 0 Å². The van der Waals surface area contributed by atoms with Gasteiger partial charge in [-0.05, 0) is 31.5 Å². The standard InChI is InChI=1S/C13H20N2O2/c1-9(17-3)8-15-13(16)10(2)11-5-4-6-12(14)7-11/h4-7,9-10H,8,14H2,1-3H3,(H,15,16). The second-order valence-corrected chi connectivity index (χ2v) is 4.18. The van der Waals surface area contributed by atoms with Gasteiger partial charge in [0.05, 0.1) is 12.0 Å². The first-order valence-electron chi connectivity index (χ1n) is 5.70. The van der Waals surface area contributed by atoms with Crippen molar-refractivity contribution in [1.29, 1.82) is 0 Å². The number of hydrogen-bond acceptors (Lipinski definition) is 3. The van der Waals surface area contributed by atoms with Crippen LogP contribution in [0.3, 0.4) is 0 Å². The average molecular weight is 236 g/mol. The number of carbonyl (C=O) groups is 1. The van der Waals surface area contributed by atoms with Crippen LogP contribution >= 0.6 is 0 Å². The Hall–Kier alpha value is -1.55. The van der Waals surface area contributed by atoms with Gasteiger partial charge in [0.25, 0.3) is 0 Å². The van der Waals surface area contributed by atoms with Crippen molar-refractivity contribution in [3.63, 3.8) is 0 Å². The lowest BCUT2D eigenvalue weighted by molar-refractivity contribution is -0.122. The molecule has 3 N–H and O–H groups in total. The van der Waals surface area contributed by atoms with Gasteiger partial charge in [0, 0.05) is 19.3 Å². The van der Waals surface area contributed by atoms with E-state index in [1.807, 2.05) is 32.0 Å². The van der Waals surface area contributed by atoms with Gasteiger partial charge in [0.1, 0.15) is 0 Å². The number of anilines is 1. The minimum atomic E-state index is -0.206. The van der Waals surface area contributed by atoms with Gasteiger partial charge in [0.15, 0.2) is 0 Å². The van der Waals surface area contributed by atoms with E-state index in [9.17, 15) is 4.79 Å². The van der Waals surface area contributed by atoms with Crippen molar-refractivity contribution >= 4 is 11.6 Å². The second-order valence-electron chi connectivity index (χ2n) is 4.18. The van der Waals surface area contributed by atoms with Crippen LogP contribution in [0.25, 0.3) is 0 Å². The highest BCUT2D eigenvalue weighted by Crippen LogP contribution is 2.17. The first kappa shape index (κ1) is 13.5. The van der Waals surface area contributed by atoms with Gasteiger partial charge in [-0.25, -0.2) is 0 Å². The molecule has 4 nitrogen and oxygen atoms in total. The summed E-state index contributed by atoms with van der Waals surface area (Å²) in [5.74, 6) is -0.220. The molecular weight excluding hydrogens is 216 g/mol. The van der Waals surface area contributed by atoms with Gasteiger partial charge in [0.2, 0.25) is 5.91 Å². The summed E-state index contributed by atoms with van der Waals surface area (Å²) in [6.07, 6.45) is 0.0204. The van der Waals surface area contributed by atoms with Crippen LogP contribution < -0.4 is 11.1 Å². The molecular formula is C13H20N2O2. The summed E-state index contributed by atoms with van der Waals surface area (Å²) < 4.78 is 5.07. The number of nitrogens with one attached hydrogen (secondary N) is 1. The fourth-order valence-electron chi connectivity index (χ4n) is 1.46. The van der Waals surface area contributed by atoms with Crippen molar-refractivity contribution in [3.05, 3.63) is 29.8 Å². The number of rotatable bonds is 5. The van der Waals surface area contributed by atoms with E-state index in [-0.39, 0.29) is 17.9 Å². The minimum absolute atomic E-state index is 0.0144. The summed E-state index contributed by atoms with van der Waals surface area (Å²) in [7, 11) is 1.62. The fraction of sp³-hybridized carbons (Fsp3) is 0.462. The molecule has 0 aliphatic heterocycles. The highest BCUT2D eigenvalue weighted by molar-refractivity contribution is 5.83. The van der Waals surface area contributed by atoms with E-state index in [0.29, 0.717) is 12.2 Å². The zero-order valence-electron chi connectivity index (χ0n) is 10.6. The number of benzene rings is 1. The molecule has 1 aromatic rings. The summed E-state index contributed by atoms with van der Waals surface area (Å²) in [6, 6.07) is 7.39. The molecule has 1 aromatic carbocycles. The number of nitrogens with two attached hydrogens (primary N) is 1. The monoisotopic (exact) mass is 236 g/mol. The highest BCUT2D eigenvalue weighted by atomic mass is 16.5. The topological polar surface area (TPSA) is 64.3 Å². The van der Waals surface area contributed by atoms with Crippen LogP contribution in [-0.4, -0.2) is 25.7 Å². The van der Waals surface area contributed by atoms with Crippen molar-refractivity contribution in [3.8, 4) is 0 Å². The Morgan fingerprint density at radius 1 is 1.47 bits per heavy atom. The largest absolute Gasteiger partial charge is 0.399 e. The van der Waals surface area contributed by atoms with E-state index in [1.54, 1.807) is 13.2 Å². The molecule has 94 valence electrons. The van der Waals surface area contributed by atoms with Gasteiger partial charge in [-0.3, -0.25) is 4.79 Å². The Kier molecular flexibility index (Phi) is 4.97. The molecule has 0 radical (unpaired) electrons. The molecule has 4 heteroatoms. The highest BCUT2D eigenvalue weighted by Gasteiger charge is 2.15. The first-order chi connectivity index (χ1) is 8.04. The molecule has 0 aromatic heterocycles. The number of carbonyl (C=O) groups excluding carboxylic acids is 1. The van der Waals surface area contributed by atoms with Crippen molar-refractivity contribution in [2.24, 2.45) is 0 Å². The molecule has 2 unspecified atom stereocenters. The van der Waals surface area contributed by atoms with Crippen molar-refractivity contribution in [2.75, 3.05) is 19.4 Å². The Morgan fingerprint density at radius 3 is 2.76 bits per heavy atom. The van der Waals surface area contributed by atoms with Gasteiger partial charge < -0.3 is 15.8 Å². The maximum atomic E-state index is 11.9. The molecule has 0 aliphatic carbocycles. The van der Waals surface area contributed by atoms with Crippen LogP contribution in [0.1, 0.15) is 25.3 Å². The van der Waals surface area contributed by atoms with E-state index in [2.05, 4.69) is 5.32 Å². The zero-order valence-corrected chi connectivity index (χ0v) is 10.6. The molecule has 0 spiro atoms. The van der Waals surface area contributed by atoms with Crippen LogP contribution in [0.5, 0.6) is 0 Å². The lowest BCUT2D eigenvalue weighted by Gasteiger charge is -2.15. The van der Waals surface area contributed by atoms with Crippen LogP contribution in [0.4, 0.5) is 5.69 Å². The smallest absolute Gasteiger partial charge is 0.227 e. The molecule has 0 fully saturated rings. The lowest BCUT2D eigenvalue weighted by atomic mass is 10.00. The maximum absolute atomic E-state index is 11.9. The molecule has 0 saturated heterocycles. The Morgan fingerprint density at radius 2 is 2.18 bits per heavy atom. The van der Waals surface area contributed by atoms with Crippen molar-refractivity contribution < 1.29 is 9.53 Å². The van der Waals surface area contributed by atoms with Crippen molar-refractivity contribution in [1.82, 2.24) is 5.32 Å². The Balaban J connectivity index is 2.57. The fourth-order valence-corrected chi connectivity index (χ4v) is 1.46. The quantitative estimate of drug-likeness (QED) is 0.762. The molecule has 0 heterocycles. The molecule has 1 amide bonds. The Bertz CT molecular complexity index is 379. The summed E-state index contributed by atoms with van der Waals surface area (Å²) in [4.78, 5) is 11.9. The minimum Gasteiger partial charge on any atom is -0.399 e. The zero-order chi connectivity index (χ0) is 12.8. The third kappa shape index (κ3) is 4.07. The average Bonchev–Trinajstić information content (AvgIpc) is 2.34. The van der Waals surface area contributed by atoms with Gasteiger partial charge in [-0.2, -0.15) is 0 Å². The molecule has 0 bridgehead atoms. The van der Waals surface area contributed by atoms with E-state index < -0.39 is 0 Å². The summed E-state index contributed by atoms with van der Waals surface area (Å²) in [5.41, 5.74) is 7.29. The van der Waals surface area contributed by atoms with Crippen molar-refractivity contribution in [2.45, 2.75) is 25.9 Å². The van der Waals surface area contributed by atoms with E-state index >= 15 is 0 Å². The number of methoxy groups -OCH3 is 1. The van der Waals surface area contributed by atoms with Gasteiger partial charge in [-0.15, -0.1) is 0 Å². The molecule has 0 saturated carbocycles. The summed E-state index contributed by atoms with van der Waals surface area (Å²) in [6.45, 7) is 4.29. The Labute approximate surface area is 102 Å². The number of ether oxygens (including phenoxy) is 1. The van der Waals surface area contributed by atoms with Crippen LogP contribution in [0, 0.1) is 0 Å². The maximum Gasteiger partial charge on any atom is 0.227 e. The van der Waals surface area contributed by atoms with Crippen LogP contribution in [-0.2, 0) is 9.53 Å². The third-order valence-electron chi connectivity index (χ3n) is 2.77. The second kappa shape index (κ2) is 6.25. The predicted molar refractivity (Wildman–Crippen MR) is 68.8 cm³/mol. The number of hydrogen-bond donors (Lipinski definition) is 2. The lowest BCUT2D eigenvalue weighted by Crippen LogP contribution is -2.34. The SMILES string of the molecule is COC(C)CNC(=O)C(C)c1cccc(N)c1. The molecule has 2 atom stereocenters. The van der Waals surface area contributed by atoms with Crippen LogP contribution in [0.15, 0.2) is 24.3 Å². The first-order valence-corrected chi connectivity index (χ1v) is 5.70. The van der Waals surface area contributed by atoms with Gasteiger partial charge in [-0.1, -0.05) is 12.1 Å². The normalized spacial score (nSPS) is 14.1. The number of amides is 1. The van der Waals surface area contributed by atoms with E-state index in [1.165, 1.54) is 0 Å². The van der Waals surface area contributed by atoms with E-state index in [4.69, 9.17) is 10.5 Å².